The summed E-state index contributed by atoms with van der Waals surface area (Å²) in [5.41, 5.74) is 1.45. The minimum Gasteiger partial charge on any atom is -0.494 e. The molecule has 50 heavy (non-hydrogen) atoms. The topological polar surface area (TPSA) is 110 Å². The molecule has 0 saturated carbocycles. The number of anilines is 1. The lowest BCUT2D eigenvalue weighted by molar-refractivity contribution is -0.108. The van der Waals surface area contributed by atoms with Crippen molar-refractivity contribution in [2.24, 2.45) is 5.92 Å². The Morgan fingerprint density at radius 3 is 2.58 bits per heavy atom. The monoisotopic (exact) mass is 732 g/mol. The van der Waals surface area contributed by atoms with E-state index in [1.54, 1.807) is 17.0 Å². The highest BCUT2D eigenvalue weighted by atomic mass is 35.5. The second-order valence-electron chi connectivity index (χ2n) is 13.9. The first-order chi connectivity index (χ1) is 23.8. The molecule has 0 bridgehead atoms. The summed E-state index contributed by atoms with van der Waals surface area (Å²) in [6, 6.07) is 11.3. The second-order valence-corrected chi connectivity index (χ2v) is 15.6. The molecule has 2 aliphatic heterocycles. The van der Waals surface area contributed by atoms with Crippen LogP contribution in [0.1, 0.15) is 58.9 Å². The average molecular weight is 733 g/mol. The molecule has 0 radical (unpaired) electrons. The van der Waals surface area contributed by atoms with Gasteiger partial charge in [-0.25, -0.2) is 9.00 Å². The number of likely N-dealkylation sites (tertiary alicyclic amines) is 1. The number of nitrogens with zero attached hydrogens (tertiary/aromatic N) is 3. The van der Waals surface area contributed by atoms with Crippen LogP contribution in [-0.2, 0) is 25.3 Å². The van der Waals surface area contributed by atoms with E-state index >= 15 is 0 Å². The van der Waals surface area contributed by atoms with E-state index in [4.69, 9.17) is 30.5 Å². The number of carbonyl (C=O) groups is 2. The van der Waals surface area contributed by atoms with E-state index in [1.807, 2.05) is 78.2 Å². The first kappa shape index (κ1) is 39.5. The highest BCUT2D eigenvalue weighted by Gasteiger charge is 2.35. The van der Waals surface area contributed by atoms with Crippen molar-refractivity contribution in [1.29, 1.82) is 0 Å². The van der Waals surface area contributed by atoms with Crippen LogP contribution in [0.5, 0.6) is 11.5 Å². The Morgan fingerprint density at radius 1 is 1.16 bits per heavy atom. The fourth-order valence-corrected chi connectivity index (χ4v) is 6.85. The molecule has 11 nitrogen and oxygen atoms in total. The number of amides is 2. The summed E-state index contributed by atoms with van der Waals surface area (Å²) in [5.74, 6) is 1.27. The SMILES string of the molecule is CCOc1cc(Cl)ccc1C1COc2ccc(S(=O)NC=O)cc2N(CCC(CC)C(/C=C/COC(C)(C)C)OC(=O)N2CC(N(C)C)C2)C1. The van der Waals surface area contributed by atoms with Crippen LogP contribution < -0.4 is 19.1 Å². The van der Waals surface area contributed by atoms with Crippen LogP contribution in [0, 0.1) is 5.92 Å². The van der Waals surface area contributed by atoms with E-state index in [-0.39, 0.29) is 23.5 Å². The van der Waals surface area contributed by atoms with Gasteiger partial charge in [-0.05, 0) is 91.0 Å². The summed E-state index contributed by atoms with van der Waals surface area (Å²) in [5, 5.41) is 0.587. The van der Waals surface area contributed by atoms with Gasteiger partial charge in [0.25, 0.3) is 0 Å². The Bertz CT molecular complexity index is 1490. The molecule has 4 unspecified atom stereocenters. The highest BCUT2D eigenvalue weighted by molar-refractivity contribution is 7.83. The Kier molecular flexibility index (Phi) is 14.4. The number of rotatable bonds is 16. The van der Waals surface area contributed by atoms with Crippen LogP contribution in [0.25, 0.3) is 0 Å². The molecule has 4 rings (SSSR count). The fourth-order valence-electron chi connectivity index (χ4n) is 6.05. The maximum Gasteiger partial charge on any atom is 0.410 e. The third-order valence-corrected chi connectivity index (χ3v) is 10.2. The van der Waals surface area contributed by atoms with E-state index in [1.165, 1.54) is 0 Å². The van der Waals surface area contributed by atoms with Gasteiger partial charge in [0, 0.05) is 54.6 Å². The molecule has 4 atom stereocenters. The van der Waals surface area contributed by atoms with Crippen LogP contribution in [0.4, 0.5) is 10.5 Å². The zero-order chi connectivity index (χ0) is 36.4. The van der Waals surface area contributed by atoms with Crippen LogP contribution in [0.15, 0.2) is 53.4 Å². The van der Waals surface area contributed by atoms with E-state index in [0.29, 0.717) is 86.3 Å². The minimum atomic E-state index is -1.72. The smallest absolute Gasteiger partial charge is 0.410 e. The molecular weight excluding hydrogens is 680 g/mol. The normalized spacial score (nSPS) is 18.5. The van der Waals surface area contributed by atoms with Crippen molar-refractivity contribution < 1.29 is 32.7 Å². The number of nitrogens with one attached hydrogen (secondary N) is 1. The first-order valence-corrected chi connectivity index (χ1v) is 18.8. The lowest BCUT2D eigenvalue weighted by atomic mass is 9.93. The molecule has 1 N–H and O–H groups in total. The average Bonchev–Trinajstić information content (AvgIpc) is 3.21. The Balaban J connectivity index is 1.61. The second kappa shape index (κ2) is 18.3. The number of hydrogen-bond donors (Lipinski definition) is 1. The Morgan fingerprint density at radius 2 is 1.92 bits per heavy atom. The van der Waals surface area contributed by atoms with Gasteiger partial charge < -0.3 is 33.6 Å². The predicted molar refractivity (Wildman–Crippen MR) is 198 cm³/mol. The minimum absolute atomic E-state index is 0.00890. The number of carbonyl (C=O) groups excluding carboxylic acids is 2. The predicted octanol–water partition coefficient (Wildman–Crippen LogP) is 6.03. The maximum absolute atomic E-state index is 13.3. The van der Waals surface area contributed by atoms with E-state index < -0.39 is 17.1 Å². The van der Waals surface area contributed by atoms with Crippen LogP contribution in [0.3, 0.4) is 0 Å². The number of benzene rings is 2. The molecule has 13 heteroatoms. The molecule has 2 heterocycles. The van der Waals surface area contributed by atoms with Gasteiger partial charge in [-0.1, -0.05) is 30.7 Å². The first-order valence-electron chi connectivity index (χ1n) is 17.3. The lowest BCUT2D eigenvalue weighted by Gasteiger charge is -2.42. The van der Waals surface area contributed by atoms with Gasteiger partial charge in [0.2, 0.25) is 6.41 Å². The van der Waals surface area contributed by atoms with Gasteiger partial charge in [-0.3, -0.25) is 9.52 Å². The number of halogens is 1. The van der Waals surface area contributed by atoms with Crippen molar-refractivity contribution in [1.82, 2.24) is 14.5 Å². The van der Waals surface area contributed by atoms with E-state index in [9.17, 15) is 13.8 Å². The zero-order valence-corrected chi connectivity index (χ0v) is 31.9. The Hall–Kier alpha value is -3.32. The molecular formula is C37H53ClN4O7S. The number of ether oxygens (including phenoxy) is 4. The summed E-state index contributed by atoms with van der Waals surface area (Å²) in [4.78, 5) is 30.9. The molecule has 2 aromatic carbocycles. The molecule has 0 aromatic heterocycles. The van der Waals surface area contributed by atoms with Crippen LogP contribution >= 0.6 is 11.6 Å². The van der Waals surface area contributed by atoms with Gasteiger partial charge in [-0.2, -0.15) is 0 Å². The summed E-state index contributed by atoms with van der Waals surface area (Å²) in [6.07, 6.45) is 4.99. The van der Waals surface area contributed by atoms with Crippen LogP contribution in [0.2, 0.25) is 5.02 Å². The quantitative estimate of drug-likeness (QED) is 0.164. The summed E-state index contributed by atoms with van der Waals surface area (Å²) >= 11 is 6.35. The van der Waals surface area contributed by atoms with E-state index in [2.05, 4.69) is 21.4 Å². The summed E-state index contributed by atoms with van der Waals surface area (Å²) < 4.78 is 39.6. The molecule has 2 aromatic rings. The van der Waals surface area contributed by atoms with Gasteiger partial charge in [0.05, 0.1) is 36.0 Å². The highest BCUT2D eigenvalue weighted by Crippen LogP contribution is 2.39. The van der Waals surface area contributed by atoms with Crippen molar-refractivity contribution in [2.75, 3.05) is 65.0 Å². The largest absolute Gasteiger partial charge is 0.494 e. The molecule has 276 valence electrons. The molecule has 2 amide bonds. The number of fused-ring (bicyclic) bond motifs is 1. The van der Waals surface area contributed by atoms with Crippen molar-refractivity contribution >= 4 is 40.8 Å². The van der Waals surface area contributed by atoms with Crippen LogP contribution in [-0.4, -0.2) is 104 Å². The van der Waals surface area contributed by atoms with Crippen molar-refractivity contribution in [3.63, 3.8) is 0 Å². The van der Waals surface area contributed by atoms with Gasteiger partial charge in [0.15, 0.2) is 11.0 Å². The summed E-state index contributed by atoms with van der Waals surface area (Å²) in [7, 11) is 2.31. The van der Waals surface area contributed by atoms with Crippen molar-refractivity contribution in [2.45, 2.75) is 76.0 Å². The third kappa shape index (κ3) is 10.8. The van der Waals surface area contributed by atoms with Gasteiger partial charge in [-0.15, -0.1) is 0 Å². The lowest BCUT2D eigenvalue weighted by Crippen LogP contribution is -2.59. The fraction of sp³-hybridized carbons (Fsp3) is 0.568. The molecule has 1 saturated heterocycles. The Labute approximate surface area is 304 Å². The third-order valence-electron chi connectivity index (χ3n) is 9.02. The van der Waals surface area contributed by atoms with Gasteiger partial charge >= 0.3 is 6.09 Å². The van der Waals surface area contributed by atoms with Crippen molar-refractivity contribution in [3.05, 3.63) is 59.1 Å². The standard InChI is InChI=1S/C37H53ClN4O7S/c1-8-26(33(11-10-18-48-37(3,4)5)49-36(44)42-22-29(23-42)40(6)7)16-17-41-21-27(31-14-12-28(38)19-35(31)46-9-2)24-47-34-15-13-30(20-32(34)41)50(45)39-25-43/h10-15,19-20,25-27,29,33H,8-9,16-18,21-24H2,1-7H3,(H,39,43)/b11-10+. The number of hydrogen-bond acceptors (Lipinski definition) is 9. The van der Waals surface area contributed by atoms with Gasteiger partial charge in [0.1, 0.15) is 17.6 Å². The molecule has 0 spiro atoms. The zero-order valence-electron chi connectivity index (χ0n) is 30.4. The molecule has 0 aliphatic carbocycles. The summed E-state index contributed by atoms with van der Waals surface area (Å²) in [6.45, 7) is 13.8. The molecule has 2 aliphatic rings. The molecule has 1 fully saturated rings. The number of likely N-dealkylation sites (N-methyl/N-ethyl adjacent to an activating group) is 1. The maximum atomic E-state index is 13.3. The van der Waals surface area contributed by atoms with E-state index in [0.717, 1.165) is 17.7 Å². The van der Waals surface area contributed by atoms with Crippen molar-refractivity contribution in [3.8, 4) is 11.5 Å².